The van der Waals surface area contributed by atoms with Crippen molar-refractivity contribution in [3.05, 3.63) is 76.7 Å². The van der Waals surface area contributed by atoms with Crippen LogP contribution in [0.4, 0.5) is 17.6 Å². The van der Waals surface area contributed by atoms with Crippen molar-refractivity contribution < 1.29 is 22.4 Å². The average molecular weight is 503 g/mol. The summed E-state index contributed by atoms with van der Waals surface area (Å²) in [4.78, 5) is 11.7. The summed E-state index contributed by atoms with van der Waals surface area (Å²) in [6.07, 6.45) is 1.37. The molecule has 0 spiro atoms. The zero-order valence-electron chi connectivity index (χ0n) is 18.3. The van der Waals surface area contributed by atoms with E-state index < -0.39 is 51.2 Å². The molecular weight excluding hydrogens is 485 g/mol. The molecular formula is C22H18F4N7OP. The molecule has 13 heteroatoms. The average Bonchev–Trinajstić information content (AvgIpc) is 3.19. The number of fused-ring (bicyclic) bond motifs is 1. The van der Waals surface area contributed by atoms with E-state index in [2.05, 4.69) is 15.5 Å². The van der Waals surface area contributed by atoms with Gasteiger partial charge in [0.2, 0.25) is 5.41 Å². The maximum absolute atomic E-state index is 15.9. The Balaban J connectivity index is 1.79. The van der Waals surface area contributed by atoms with Gasteiger partial charge >= 0.3 is 0 Å². The Bertz CT molecular complexity index is 1560. The zero-order chi connectivity index (χ0) is 25.7. The predicted molar refractivity (Wildman–Crippen MR) is 123 cm³/mol. The summed E-state index contributed by atoms with van der Waals surface area (Å²) in [6.45, 7) is 0. The van der Waals surface area contributed by atoms with Gasteiger partial charge in [0.05, 0.1) is 16.6 Å². The molecule has 4 aromatic rings. The number of aryl methyl sites for hydroxylation is 1. The van der Waals surface area contributed by atoms with Crippen molar-refractivity contribution in [3.63, 3.8) is 0 Å². The van der Waals surface area contributed by atoms with Crippen LogP contribution < -0.4 is 10.8 Å². The third-order valence-corrected chi connectivity index (χ3v) is 5.90. The molecule has 2 aromatic heterocycles. The number of amides is 1. The fraction of sp³-hybridized carbons (Fsp3) is 0.136. The maximum Gasteiger partial charge on any atom is 0.256 e. The molecule has 2 atom stereocenters. The van der Waals surface area contributed by atoms with Crippen LogP contribution in [0.15, 0.2) is 42.6 Å². The van der Waals surface area contributed by atoms with Gasteiger partial charge in [-0.3, -0.25) is 20.3 Å². The summed E-state index contributed by atoms with van der Waals surface area (Å²) in [7, 11) is 4.55. The van der Waals surface area contributed by atoms with Crippen molar-refractivity contribution >= 4 is 31.9 Å². The second kappa shape index (κ2) is 8.70. The number of benzene rings is 2. The number of carbonyl (C=O) groups excluding carboxylic acids is 1. The highest BCUT2D eigenvalue weighted by atomic mass is 31.0. The lowest BCUT2D eigenvalue weighted by atomic mass is 10.1. The summed E-state index contributed by atoms with van der Waals surface area (Å²) in [5, 5.41) is 23.8. The number of hydrogen-bond donors (Lipinski definition) is 3. The van der Waals surface area contributed by atoms with E-state index in [0.29, 0.717) is 10.2 Å². The third kappa shape index (κ3) is 4.10. The van der Waals surface area contributed by atoms with E-state index in [4.69, 9.17) is 10.8 Å². The van der Waals surface area contributed by atoms with Crippen LogP contribution in [0.5, 0.6) is 0 Å². The fourth-order valence-electron chi connectivity index (χ4n) is 3.55. The van der Waals surface area contributed by atoms with Crippen LogP contribution in [-0.4, -0.2) is 38.4 Å². The highest BCUT2D eigenvalue weighted by molar-refractivity contribution is 7.20. The molecule has 180 valence electrons. The molecule has 3 N–H and O–H groups in total. The number of nitrogens with zero attached hydrogens (tertiary/aromatic N) is 4. The fourth-order valence-corrected chi connectivity index (χ4v) is 3.90. The smallest absolute Gasteiger partial charge is 0.256 e. The van der Waals surface area contributed by atoms with Crippen molar-refractivity contribution in [2.45, 2.75) is 5.41 Å². The normalized spacial score (nSPS) is 13.0. The van der Waals surface area contributed by atoms with Gasteiger partial charge in [0.1, 0.15) is 28.5 Å². The highest BCUT2D eigenvalue weighted by Gasteiger charge is 2.37. The summed E-state index contributed by atoms with van der Waals surface area (Å²) in [5.41, 5.74) is -1.67. The van der Waals surface area contributed by atoms with Crippen LogP contribution in [0.1, 0.15) is 15.9 Å². The molecule has 2 aromatic carbocycles. The minimum Gasteiger partial charge on any atom is -0.355 e. The summed E-state index contributed by atoms with van der Waals surface area (Å²) >= 11 is 0. The first-order valence-corrected chi connectivity index (χ1v) is 10.6. The Kier molecular flexibility index (Phi) is 6.02. The molecule has 0 saturated heterocycles. The molecule has 4 rings (SSSR count). The van der Waals surface area contributed by atoms with Gasteiger partial charge in [0, 0.05) is 31.4 Å². The Morgan fingerprint density at radius 2 is 1.77 bits per heavy atom. The first-order chi connectivity index (χ1) is 16.4. The first-order valence-electron chi connectivity index (χ1n) is 10.0. The van der Waals surface area contributed by atoms with Crippen molar-refractivity contribution in [1.29, 1.82) is 10.8 Å². The van der Waals surface area contributed by atoms with Crippen LogP contribution >= 0.6 is 9.24 Å². The van der Waals surface area contributed by atoms with E-state index in [1.54, 1.807) is 16.3 Å². The SMILES string of the molecule is CNC(=O)c1c(F)cc(-c2ccc(=N)n(C(=N)C(F)(P)c3ccc4nn(C)cc4c3F)n2)cc1F. The minimum absolute atomic E-state index is 0.0437. The van der Waals surface area contributed by atoms with Crippen LogP contribution in [0.2, 0.25) is 0 Å². The molecule has 0 fully saturated rings. The van der Waals surface area contributed by atoms with Crippen LogP contribution in [0, 0.1) is 28.3 Å². The van der Waals surface area contributed by atoms with E-state index in [1.807, 2.05) is 0 Å². The molecule has 0 bridgehead atoms. The van der Waals surface area contributed by atoms with Crippen LogP contribution in [0.25, 0.3) is 22.2 Å². The van der Waals surface area contributed by atoms with E-state index in [-0.39, 0.29) is 16.6 Å². The van der Waals surface area contributed by atoms with Gasteiger partial charge in [-0.05, 0) is 36.4 Å². The number of hydrogen-bond acceptors (Lipinski definition) is 5. The lowest BCUT2D eigenvalue weighted by Crippen LogP contribution is -2.39. The second-order valence-corrected chi connectivity index (χ2v) is 8.43. The Labute approximate surface area is 197 Å². The van der Waals surface area contributed by atoms with Gasteiger partial charge < -0.3 is 5.32 Å². The predicted octanol–water partition coefficient (Wildman–Crippen LogP) is 3.22. The highest BCUT2D eigenvalue weighted by Crippen LogP contribution is 2.38. The van der Waals surface area contributed by atoms with Crippen LogP contribution in [0.3, 0.4) is 0 Å². The quantitative estimate of drug-likeness (QED) is 0.172. The first kappa shape index (κ1) is 24.2. The number of halogens is 4. The van der Waals surface area contributed by atoms with E-state index in [0.717, 1.165) is 24.3 Å². The monoisotopic (exact) mass is 503 g/mol. The molecule has 0 aliphatic carbocycles. The Morgan fingerprint density at radius 3 is 2.40 bits per heavy atom. The summed E-state index contributed by atoms with van der Waals surface area (Å²) in [5.74, 6) is -5.14. The molecule has 1 amide bonds. The summed E-state index contributed by atoms with van der Waals surface area (Å²) < 4.78 is 61.8. The maximum atomic E-state index is 15.9. The van der Waals surface area contributed by atoms with E-state index >= 15 is 8.78 Å². The molecule has 35 heavy (non-hydrogen) atoms. The molecule has 2 heterocycles. The summed E-state index contributed by atoms with van der Waals surface area (Å²) in [6, 6.07) is 6.63. The van der Waals surface area contributed by atoms with Gasteiger partial charge in [-0.15, -0.1) is 0 Å². The second-order valence-electron chi connectivity index (χ2n) is 7.63. The number of nitrogens with one attached hydrogen (secondary N) is 3. The zero-order valence-corrected chi connectivity index (χ0v) is 19.5. The molecule has 2 unspecified atom stereocenters. The topological polar surface area (TPSA) is 112 Å². The molecule has 0 radical (unpaired) electrons. The Morgan fingerprint density at radius 1 is 1.11 bits per heavy atom. The number of alkyl halides is 1. The third-order valence-electron chi connectivity index (χ3n) is 5.31. The van der Waals surface area contributed by atoms with Gasteiger partial charge in [0.25, 0.3) is 5.91 Å². The van der Waals surface area contributed by atoms with Crippen molar-refractivity contribution in [2.75, 3.05) is 7.05 Å². The minimum atomic E-state index is -2.82. The largest absolute Gasteiger partial charge is 0.355 e. The van der Waals surface area contributed by atoms with Gasteiger partial charge in [-0.2, -0.15) is 14.9 Å². The standard InChI is InChI=1S/C22H18F4N7OP/c1-29-20(34)18-13(23)7-10(8-14(18)24)15-5-6-17(27)33(31-15)21(28)22(26,35)12-3-4-16-11(19(12)25)9-32(2)30-16/h3-9,27-28H,35H2,1-2H3,(H,29,34). The van der Waals surface area contributed by atoms with Crippen molar-refractivity contribution in [3.8, 4) is 11.3 Å². The van der Waals surface area contributed by atoms with Crippen LogP contribution in [-0.2, 0) is 12.5 Å². The molecule has 0 aliphatic heterocycles. The lowest BCUT2D eigenvalue weighted by molar-refractivity contribution is 0.0954. The van der Waals surface area contributed by atoms with Crippen molar-refractivity contribution in [1.82, 2.24) is 24.9 Å². The molecule has 0 aliphatic rings. The number of carbonyl (C=O) groups is 1. The van der Waals surface area contributed by atoms with Crippen molar-refractivity contribution in [2.24, 2.45) is 7.05 Å². The molecule has 8 nitrogen and oxygen atoms in total. The van der Waals surface area contributed by atoms with Gasteiger partial charge in [0.15, 0.2) is 5.84 Å². The van der Waals surface area contributed by atoms with Gasteiger partial charge in [-0.1, -0.05) is 9.24 Å². The van der Waals surface area contributed by atoms with E-state index in [9.17, 15) is 13.6 Å². The lowest BCUT2D eigenvalue weighted by Gasteiger charge is -2.23. The van der Waals surface area contributed by atoms with E-state index in [1.165, 1.54) is 30.1 Å². The molecule has 0 saturated carbocycles. The Hall–Kier alpha value is -3.92. The number of aromatic nitrogens is 4. The van der Waals surface area contributed by atoms with Gasteiger partial charge in [-0.25, -0.2) is 17.6 Å². The number of rotatable bonds is 4.